The number of pyridine rings is 4. The van der Waals surface area contributed by atoms with E-state index in [1.54, 1.807) is 0 Å². The van der Waals surface area contributed by atoms with Gasteiger partial charge in [0.15, 0.2) is 0 Å². The highest BCUT2D eigenvalue weighted by molar-refractivity contribution is 5.82. The van der Waals surface area contributed by atoms with Crippen LogP contribution in [-0.4, -0.2) is 0 Å². The monoisotopic (exact) mass is 1250 g/mol. The normalized spacial score (nSPS) is 15.3. The molecular formula is C91H102N4+4. The molecule has 0 amide bonds. The molecule has 0 bridgehead atoms. The number of nitrogens with zero attached hydrogens (tertiary/aromatic N) is 4. The zero-order valence-corrected chi connectivity index (χ0v) is 59.0. The van der Waals surface area contributed by atoms with Crippen molar-refractivity contribution < 1.29 is 18.3 Å². The topological polar surface area (TPSA) is 15.5 Å². The largest absolute Gasteiger partial charge is 0.213 e. The fourth-order valence-electron chi connectivity index (χ4n) is 16.8. The summed E-state index contributed by atoms with van der Waals surface area (Å²) in [5.41, 5.74) is 31.2. The van der Waals surface area contributed by atoms with E-state index in [-0.39, 0.29) is 0 Å². The molecule has 8 aromatic carbocycles. The van der Waals surface area contributed by atoms with Crippen molar-refractivity contribution in [2.45, 2.75) is 175 Å². The highest BCUT2D eigenvalue weighted by atomic mass is 15.0. The average Bonchev–Trinajstić information content (AvgIpc) is 1.43. The Bertz CT molecular complexity index is 4770. The van der Waals surface area contributed by atoms with Crippen LogP contribution < -0.4 is 18.3 Å². The van der Waals surface area contributed by atoms with E-state index in [1.807, 2.05) is 0 Å². The van der Waals surface area contributed by atoms with Gasteiger partial charge in [-0.05, 0) is 246 Å². The zero-order chi connectivity index (χ0) is 65.9. The molecule has 12 aromatic rings. The minimum absolute atomic E-state index is 0.765. The summed E-state index contributed by atoms with van der Waals surface area (Å²) >= 11 is 0. The molecule has 95 heavy (non-hydrogen) atoms. The Morgan fingerprint density at radius 2 is 0.568 bits per heavy atom. The molecule has 0 spiro atoms. The predicted octanol–water partition coefficient (Wildman–Crippen LogP) is 22.1. The first-order valence-corrected chi connectivity index (χ1v) is 36.1. The molecule has 16 rings (SSSR count). The minimum atomic E-state index is 0.765. The van der Waals surface area contributed by atoms with E-state index >= 15 is 0 Å². The molecule has 0 N–H and O–H groups in total. The summed E-state index contributed by atoms with van der Waals surface area (Å²) in [6.07, 6.45) is 22.0. The second-order valence-corrected chi connectivity index (χ2v) is 29.0. The smallest absolute Gasteiger partial charge is 0.194 e. The lowest BCUT2D eigenvalue weighted by Gasteiger charge is -2.12. The van der Waals surface area contributed by atoms with Gasteiger partial charge in [0, 0.05) is 92.3 Å². The lowest BCUT2D eigenvalue weighted by Crippen LogP contribution is -2.32. The average molecular weight is 1250 g/mol. The van der Waals surface area contributed by atoms with Crippen LogP contribution in [0.25, 0.3) is 88.6 Å². The number of aromatic nitrogens is 4. The number of fused-ring (bicyclic) bond motifs is 4. The maximum absolute atomic E-state index is 2.42. The summed E-state index contributed by atoms with van der Waals surface area (Å²) in [5.74, 6) is 3.09. The van der Waals surface area contributed by atoms with Crippen LogP contribution in [0, 0.1) is 48.5 Å². The van der Waals surface area contributed by atoms with Crippen LogP contribution in [0.2, 0.25) is 0 Å². The summed E-state index contributed by atoms with van der Waals surface area (Å²) in [6.45, 7) is 15.4. The maximum atomic E-state index is 2.42. The number of benzene rings is 8. The summed E-state index contributed by atoms with van der Waals surface area (Å²) in [4.78, 5) is 0. The molecule has 0 unspecified atom stereocenters. The maximum Gasteiger partial charge on any atom is 0.213 e. The van der Waals surface area contributed by atoms with Crippen molar-refractivity contribution in [3.63, 3.8) is 0 Å². The molecule has 0 atom stereocenters. The van der Waals surface area contributed by atoms with Crippen LogP contribution in [0.1, 0.15) is 188 Å². The predicted molar refractivity (Wildman–Crippen MR) is 400 cm³/mol. The fraction of sp³-hybridized carbons (Fsp3) is 0.341. The molecule has 4 aromatic heterocycles. The summed E-state index contributed by atoms with van der Waals surface area (Å²) in [7, 11) is 8.76. The highest BCUT2D eigenvalue weighted by Gasteiger charge is 2.26. The number of aryl methyl sites for hydroxylation is 10. The van der Waals surface area contributed by atoms with Gasteiger partial charge < -0.3 is 0 Å². The van der Waals surface area contributed by atoms with Crippen molar-refractivity contribution in [3.8, 4) is 45.0 Å². The Balaban J connectivity index is 0.000000115. The van der Waals surface area contributed by atoms with Crippen molar-refractivity contribution >= 4 is 43.6 Å². The van der Waals surface area contributed by atoms with E-state index in [0.717, 1.165) is 23.7 Å². The van der Waals surface area contributed by atoms with Crippen molar-refractivity contribution in [2.75, 3.05) is 0 Å². The van der Waals surface area contributed by atoms with Gasteiger partial charge in [-0.25, -0.2) is 0 Å². The summed E-state index contributed by atoms with van der Waals surface area (Å²) in [5, 5.41) is 5.40. The van der Waals surface area contributed by atoms with E-state index in [1.165, 1.54) is 253 Å². The van der Waals surface area contributed by atoms with Crippen LogP contribution in [-0.2, 0) is 28.2 Å². The van der Waals surface area contributed by atoms with Crippen LogP contribution in [0.3, 0.4) is 0 Å². The lowest BCUT2D eigenvalue weighted by molar-refractivity contribution is -0.633. The third-order valence-corrected chi connectivity index (χ3v) is 22.7. The summed E-state index contributed by atoms with van der Waals surface area (Å²) in [6, 6.07) is 75.1. The zero-order valence-electron chi connectivity index (χ0n) is 59.0. The van der Waals surface area contributed by atoms with Crippen molar-refractivity contribution in [3.05, 3.63) is 261 Å². The molecule has 0 radical (unpaired) electrons. The second kappa shape index (κ2) is 28.8. The third kappa shape index (κ3) is 13.9. The van der Waals surface area contributed by atoms with Gasteiger partial charge in [-0.15, -0.1) is 0 Å². The van der Waals surface area contributed by atoms with Gasteiger partial charge in [0.25, 0.3) is 0 Å². The minimum Gasteiger partial charge on any atom is -0.194 e. The first-order valence-electron chi connectivity index (χ1n) is 36.1. The third-order valence-electron chi connectivity index (χ3n) is 22.7. The Hall–Kier alpha value is -8.60. The van der Waals surface area contributed by atoms with Gasteiger partial charge in [0.2, 0.25) is 44.8 Å². The van der Waals surface area contributed by atoms with Crippen LogP contribution in [0.4, 0.5) is 0 Å². The van der Waals surface area contributed by atoms with Crippen molar-refractivity contribution in [1.82, 2.24) is 0 Å². The molecule has 4 saturated carbocycles. The van der Waals surface area contributed by atoms with Crippen LogP contribution in [0.15, 0.2) is 200 Å². The highest BCUT2D eigenvalue weighted by Crippen LogP contribution is 2.40. The standard InChI is InChI=1S/C24H28N.C23H26N.2C22H24N/c1-16-13-17(2)18(3)22(14-16)24-12-10-21-15-20(19-7-5-6-8-19)9-11-23(21)25(24)4;1-16-8-9-17(2)21(14-16)23-13-11-20-15-19(18-6-4-5-7-18)10-12-22(20)24(23)3;1-16-7-3-6-10-20(16)22-14-12-19-15-18(17-8-4-5-9-17)11-13-21(19)23(22)2;1-16-7-3-6-10-20(16)21-14-13-18-11-12-19(15-22(18)23(21)2)17-8-4-5-9-17/h9-15,19H,5-8H2,1-4H3;8-15,18H,4-7H2,1-3H3;2*3,6-7,10-15,17H,4-5,8-9H2,1-2H3/q4*+1. The number of rotatable bonds is 8. The quantitative estimate of drug-likeness (QED) is 0.135. The first-order chi connectivity index (χ1) is 46.1. The summed E-state index contributed by atoms with van der Waals surface area (Å²) < 4.78 is 9.39. The molecule has 4 fully saturated rings. The molecular weight excluding hydrogens is 1150 g/mol. The lowest BCUT2D eigenvalue weighted by atomic mass is 9.94. The second-order valence-electron chi connectivity index (χ2n) is 29.0. The van der Waals surface area contributed by atoms with Gasteiger partial charge in [0.05, 0.1) is 0 Å². The van der Waals surface area contributed by atoms with E-state index in [4.69, 9.17) is 0 Å². The number of hydrogen-bond donors (Lipinski definition) is 0. The molecule has 4 aliphatic carbocycles. The van der Waals surface area contributed by atoms with Crippen molar-refractivity contribution in [2.24, 2.45) is 28.2 Å². The van der Waals surface area contributed by atoms with Crippen LogP contribution >= 0.6 is 0 Å². The Morgan fingerprint density at radius 1 is 0.242 bits per heavy atom. The molecule has 4 nitrogen and oxygen atoms in total. The van der Waals surface area contributed by atoms with E-state index in [9.17, 15) is 0 Å². The molecule has 482 valence electrons. The van der Waals surface area contributed by atoms with Gasteiger partial charge in [-0.3, -0.25) is 0 Å². The molecule has 4 heterocycles. The van der Waals surface area contributed by atoms with Gasteiger partial charge in [-0.1, -0.05) is 141 Å². The van der Waals surface area contributed by atoms with Crippen molar-refractivity contribution in [1.29, 1.82) is 0 Å². The van der Waals surface area contributed by atoms with Gasteiger partial charge >= 0.3 is 0 Å². The van der Waals surface area contributed by atoms with E-state index < -0.39 is 0 Å². The fourth-order valence-corrected chi connectivity index (χ4v) is 16.8. The molecule has 4 aliphatic rings. The van der Waals surface area contributed by atoms with Gasteiger partial charge in [-0.2, -0.15) is 18.3 Å². The molecule has 4 heteroatoms. The molecule has 0 saturated heterocycles. The number of hydrogen-bond acceptors (Lipinski definition) is 0. The SMILES string of the molecule is Cc1cc(C)c(C)c(-c2ccc3cc(C4CCCC4)ccc3[n+]2C)c1.Cc1ccc(C)c(-c2ccc3cc(C4CCCC4)ccc3[n+]2C)c1.Cc1ccccc1-c1ccc2cc(C3CCCC3)ccc2[n+]1C.Cc1ccccc1-c1ccc2ccc(C3CCCC3)cc2[n+]1C. The first kappa shape index (κ1) is 65.1. The molecule has 0 aliphatic heterocycles. The van der Waals surface area contributed by atoms with Gasteiger partial charge in [0.1, 0.15) is 28.2 Å². The Morgan fingerprint density at radius 3 is 0.989 bits per heavy atom. The van der Waals surface area contributed by atoms with Crippen LogP contribution in [0.5, 0.6) is 0 Å². The Kier molecular flexibility index (Phi) is 19.7. The van der Waals surface area contributed by atoms with E-state index in [0.29, 0.717) is 0 Å². The van der Waals surface area contributed by atoms with E-state index in [2.05, 4.69) is 295 Å². The Labute approximate surface area is 568 Å².